The second-order valence-electron chi connectivity index (χ2n) is 6.05. The number of hydrogen-bond donors (Lipinski definition) is 1. The molecule has 2 aromatic carbocycles. The van der Waals surface area contributed by atoms with E-state index in [0.717, 1.165) is 12.2 Å². The van der Waals surface area contributed by atoms with E-state index in [9.17, 15) is 4.79 Å². The third kappa shape index (κ3) is 5.41. The van der Waals surface area contributed by atoms with Crippen LogP contribution in [0.2, 0.25) is 0 Å². The summed E-state index contributed by atoms with van der Waals surface area (Å²) in [4.78, 5) is 14.4. The Morgan fingerprint density at radius 1 is 1.12 bits per heavy atom. The summed E-state index contributed by atoms with van der Waals surface area (Å²) >= 11 is 0. The van der Waals surface area contributed by atoms with Crippen LogP contribution < -0.4 is 19.7 Å². The molecule has 0 unspecified atom stereocenters. The van der Waals surface area contributed by atoms with Gasteiger partial charge in [-0.2, -0.15) is 0 Å². The van der Waals surface area contributed by atoms with Gasteiger partial charge in [-0.3, -0.25) is 4.79 Å². The topological polar surface area (TPSA) is 50.8 Å². The third-order valence-electron chi connectivity index (χ3n) is 3.72. The molecule has 0 aliphatic carbocycles. The van der Waals surface area contributed by atoms with Crippen molar-refractivity contribution in [3.8, 4) is 11.5 Å². The largest absolute Gasteiger partial charge is 0.493 e. The number of rotatable bonds is 8. The third-order valence-corrected chi connectivity index (χ3v) is 3.72. The van der Waals surface area contributed by atoms with Crippen LogP contribution in [0.15, 0.2) is 48.5 Å². The zero-order valence-electron chi connectivity index (χ0n) is 15.3. The first-order valence-corrected chi connectivity index (χ1v) is 8.40. The Balaban J connectivity index is 1.92. The molecule has 0 aliphatic rings. The smallest absolute Gasteiger partial charge is 0.251 e. The van der Waals surface area contributed by atoms with Crippen molar-refractivity contribution < 1.29 is 14.3 Å². The SMILES string of the molecule is COc1cc(C(=O)NCCN(C)c2ccccc2)ccc1OC(C)C. The zero-order chi connectivity index (χ0) is 18.2. The van der Waals surface area contributed by atoms with E-state index >= 15 is 0 Å². The molecular formula is C20H26N2O3. The molecule has 134 valence electrons. The van der Waals surface area contributed by atoms with Crippen LogP contribution in [0, 0.1) is 0 Å². The number of hydrogen-bond acceptors (Lipinski definition) is 4. The van der Waals surface area contributed by atoms with E-state index < -0.39 is 0 Å². The van der Waals surface area contributed by atoms with Crippen molar-refractivity contribution in [2.24, 2.45) is 0 Å². The highest BCUT2D eigenvalue weighted by Crippen LogP contribution is 2.28. The van der Waals surface area contributed by atoms with Crippen LogP contribution in [0.3, 0.4) is 0 Å². The van der Waals surface area contributed by atoms with Gasteiger partial charge in [0.15, 0.2) is 11.5 Å². The number of methoxy groups -OCH3 is 1. The van der Waals surface area contributed by atoms with Crippen molar-refractivity contribution in [2.75, 3.05) is 32.1 Å². The molecule has 0 heterocycles. The van der Waals surface area contributed by atoms with Gasteiger partial charge in [0.2, 0.25) is 0 Å². The molecule has 1 amide bonds. The summed E-state index contributed by atoms with van der Waals surface area (Å²) in [6, 6.07) is 15.3. The monoisotopic (exact) mass is 342 g/mol. The van der Waals surface area contributed by atoms with E-state index in [-0.39, 0.29) is 12.0 Å². The molecule has 2 rings (SSSR count). The minimum absolute atomic E-state index is 0.0436. The minimum Gasteiger partial charge on any atom is -0.493 e. The van der Waals surface area contributed by atoms with E-state index in [4.69, 9.17) is 9.47 Å². The predicted molar refractivity (Wildman–Crippen MR) is 101 cm³/mol. The number of carbonyl (C=O) groups is 1. The van der Waals surface area contributed by atoms with Crippen molar-refractivity contribution in [2.45, 2.75) is 20.0 Å². The Morgan fingerprint density at radius 2 is 1.84 bits per heavy atom. The van der Waals surface area contributed by atoms with Gasteiger partial charge < -0.3 is 19.7 Å². The molecule has 0 atom stereocenters. The number of carbonyl (C=O) groups excluding carboxylic acids is 1. The molecule has 0 spiro atoms. The standard InChI is InChI=1S/C20H26N2O3/c1-15(2)25-18-11-10-16(14-19(18)24-4)20(23)21-12-13-22(3)17-8-6-5-7-9-17/h5-11,14-15H,12-13H2,1-4H3,(H,21,23). The van der Waals surface area contributed by atoms with Crippen LogP contribution in [-0.4, -0.2) is 39.3 Å². The second-order valence-corrected chi connectivity index (χ2v) is 6.05. The molecule has 2 aromatic rings. The molecule has 0 fully saturated rings. The summed E-state index contributed by atoms with van der Waals surface area (Å²) in [5.74, 6) is 1.07. The first kappa shape index (κ1) is 18.6. The van der Waals surface area contributed by atoms with E-state index in [2.05, 4.69) is 10.2 Å². The molecule has 0 radical (unpaired) electrons. The fraction of sp³-hybridized carbons (Fsp3) is 0.350. The summed E-state index contributed by atoms with van der Waals surface area (Å²) in [6.07, 6.45) is 0.0436. The summed E-state index contributed by atoms with van der Waals surface area (Å²) in [6.45, 7) is 5.17. The lowest BCUT2D eigenvalue weighted by atomic mass is 10.2. The minimum atomic E-state index is -0.129. The molecule has 5 nitrogen and oxygen atoms in total. The molecule has 25 heavy (non-hydrogen) atoms. The molecule has 0 saturated carbocycles. The van der Waals surface area contributed by atoms with Crippen molar-refractivity contribution >= 4 is 11.6 Å². The lowest BCUT2D eigenvalue weighted by molar-refractivity contribution is 0.0954. The second kappa shape index (κ2) is 8.97. The molecule has 5 heteroatoms. The van der Waals surface area contributed by atoms with Gasteiger partial charge in [0.05, 0.1) is 13.2 Å². The lowest BCUT2D eigenvalue weighted by Crippen LogP contribution is -2.33. The van der Waals surface area contributed by atoms with Crippen molar-refractivity contribution in [1.82, 2.24) is 5.32 Å². The zero-order valence-corrected chi connectivity index (χ0v) is 15.3. The number of para-hydroxylation sites is 1. The number of benzene rings is 2. The molecule has 0 bridgehead atoms. The fourth-order valence-electron chi connectivity index (χ4n) is 2.41. The molecule has 0 aliphatic heterocycles. The lowest BCUT2D eigenvalue weighted by Gasteiger charge is -2.19. The molecular weight excluding hydrogens is 316 g/mol. The van der Waals surface area contributed by atoms with Crippen molar-refractivity contribution in [3.63, 3.8) is 0 Å². The normalized spacial score (nSPS) is 10.4. The van der Waals surface area contributed by atoms with E-state index in [1.165, 1.54) is 0 Å². The number of nitrogens with one attached hydrogen (secondary N) is 1. The number of ether oxygens (including phenoxy) is 2. The predicted octanol–water partition coefficient (Wildman–Crippen LogP) is 3.35. The van der Waals surface area contributed by atoms with Gasteiger partial charge in [0, 0.05) is 31.4 Å². The van der Waals surface area contributed by atoms with Crippen molar-refractivity contribution in [1.29, 1.82) is 0 Å². The highest BCUT2D eigenvalue weighted by atomic mass is 16.5. The number of anilines is 1. The van der Waals surface area contributed by atoms with Crippen LogP contribution in [0.25, 0.3) is 0 Å². The molecule has 1 N–H and O–H groups in total. The maximum atomic E-state index is 12.3. The van der Waals surface area contributed by atoms with Gasteiger partial charge in [-0.1, -0.05) is 18.2 Å². The average Bonchev–Trinajstić information content (AvgIpc) is 2.62. The Morgan fingerprint density at radius 3 is 2.48 bits per heavy atom. The van der Waals surface area contributed by atoms with Crippen molar-refractivity contribution in [3.05, 3.63) is 54.1 Å². The number of amides is 1. The van der Waals surface area contributed by atoms with E-state index in [0.29, 0.717) is 23.6 Å². The summed E-state index contributed by atoms with van der Waals surface area (Å²) in [5.41, 5.74) is 1.67. The number of nitrogens with zero attached hydrogens (tertiary/aromatic N) is 1. The van der Waals surface area contributed by atoms with Crippen LogP contribution in [-0.2, 0) is 0 Å². The van der Waals surface area contributed by atoms with Crippen LogP contribution in [0.5, 0.6) is 11.5 Å². The van der Waals surface area contributed by atoms with E-state index in [1.54, 1.807) is 25.3 Å². The first-order chi connectivity index (χ1) is 12.0. The Bertz CT molecular complexity index is 687. The highest BCUT2D eigenvalue weighted by molar-refractivity contribution is 5.94. The van der Waals surface area contributed by atoms with Gasteiger partial charge in [0.25, 0.3) is 5.91 Å². The Hall–Kier alpha value is -2.69. The van der Waals surface area contributed by atoms with Gasteiger partial charge in [-0.25, -0.2) is 0 Å². The van der Waals surface area contributed by atoms with Crippen LogP contribution in [0.4, 0.5) is 5.69 Å². The van der Waals surface area contributed by atoms with Crippen LogP contribution in [0.1, 0.15) is 24.2 Å². The first-order valence-electron chi connectivity index (χ1n) is 8.40. The van der Waals surface area contributed by atoms with Gasteiger partial charge in [-0.15, -0.1) is 0 Å². The maximum absolute atomic E-state index is 12.3. The van der Waals surface area contributed by atoms with Gasteiger partial charge in [0.1, 0.15) is 0 Å². The highest BCUT2D eigenvalue weighted by Gasteiger charge is 2.12. The summed E-state index contributed by atoms with van der Waals surface area (Å²) in [5, 5.41) is 2.93. The van der Waals surface area contributed by atoms with Gasteiger partial charge >= 0.3 is 0 Å². The summed E-state index contributed by atoms with van der Waals surface area (Å²) in [7, 11) is 3.57. The summed E-state index contributed by atoms with van der Waals surface area (Å²) < 4.78 is 11.0. The maximum Gasteiger partial charge on any atom is 0.251 e. The van der Waals surface area contributed by atoms with Gasteiger partial charge in [-0.05, 0) is 44.2 Å². The molecule has 0 aromatic heterocycles. The quantitative estimate of drug-likeness (QED) is 0.799. The Kier molecular flexibility index (Phi) is 6.69. The van der Waals surface area contributed by atoms with Crippen LogP contribution >= 0.6 is 0 Å². The Labute approximate surface area is 149 Å². The number of likely N-dealkylation sites (N-methyl/N-ethyl adjacent to an activating group) is 1. The average molecular weight is 342 g/mol. The fourth-order valence-corrected chi connectivity index (χ4v) is 2.41. The van der Waals surface area contributed by atoms with E-state index in [1.807, 2.05) is 51.2 Å². The molecule has 0 saturated heterocycles.